The van der Waals surface area contributed by atoms with E-state index in [1.807, 2.05) is 0 Å². The van der Waals surface area contributed by atoms with Crippen molar-refractivity contribution in [1.29, 1.82) is 0 Å². The molecule has 0 saturated heterocycles. The van der Waals surface area contributed by atoms with Crippen LogP contribution < -0.4 is 16.6 Å². The topological polar surface area (TPSA) is 84.0 Å². The van der Waals surface area contributed by atoms with Gasteiger partial charge >= 0.3 is 5.69 Å². The fourth-order valence-corrected chi connectivity index (χ4v) is 3.93. The monoisotopic (exact) mass is 399 g/mol. The van der Waals surface area contributed by atoms with Crippen LogP contribution in [-0.4, -0.2) is 22.0 Å². The van der Waals surface area contributed by atoms with E-state index in [0.717, 1.165) is 11.0 Å². The smallest absolute Gasteiger partial charge is 0.329 e. The zero-order chi connectivity index (χ0) is 20.6. The van der Waals surface area contributed by atoms with E-state index in [4.69, 9.17) is 0 Å². The van der Waals surface area contributed by atoms with Crippen molar-refractivity contribution < 1.29 is 13.6 Å². The molecule has 1 aliphatic carbocycles. The van der Waals surface area contributed by atoms with Gasteiger partial charge in [0, 0.05) is 17.5 Å². The van der Waals surface area contributed by atoms with Gasteiger partial charge in [0.25, 0.3) is 5.56 Å². The second kappa shape index (κ2) is 7.27. The van der Waals surface area contributed by atoms with Gasteiger partial charge < -0.3 is 10.3 Å². The Kier molecular flexibility index (Phi) is 4.77. The molecule has 6 nitrogen and oxygen atoms in total. The Morgan fingerprint density at radius 1 is 1.07 bits per heavy atom. The first-order chi connectivity index (χ1) is 13.9. The molecule has 0 atom stereocenters. The van der Waals surface area contributed by atoms with Gasteiger partial charge in [0.15, 0.2) is 0 Å². The van der Waals surface area contributed by atoms with Gasteiger partial charge in [0.2, 0.25) is 5.91 Å². The molecule has 8 heteroatoms. The summed E-state index contributed by atoms with van der Waals surface area (Å²) in [6, 6.07) is 10.2. The number of nitrogens with one attached hydrogen (secondary N) is 2. The first-order valence-electron chi connectivity index (χ1n) is 9.34. The van der Waals surface area contributed by atoms with Crippen LogP contribution in [0.5, 0.6) is 0 Å². The predicted octanol–water partition coefficient (Wildman–Crippen LogP) is 2.21. The maximum absolute atomic E-state index is 14.2. The molecule has 4 rings (SSSR count). The van der Waals surface area contributed by atoms with E-state index >= 15 is 0 Å². The van der Waals surface area contributed by atoms with Crippen molar-refractivity contribution in [3.05, 3.63) is 80.5 Å². The standard InChI is InChI=1S/C21H19F2N3O3/c22-14-6-3-7-15(23)18(14)21(9-4-10-21)12-24-17(27)11-26-19(28)13-5-1-2-8-16(13)25-20(26)29/h1-3,5-8H,4,9-12H2,(H,24,27)(H,25,29). The summed E-state index contributed by atoms with van der Waals surface area (Å²) in [5.41, 5.74) is -1.71. The summed E-state index contributed by atoms with van der Waals surface area (Å²) in [6.07, 6.45) is 1.89. The van der Waals surface area contributed by atoms with Crippen molar-refractivity contribution in [3.8, 4) is 0 Å². The molecule has 150 valence electrons. The van der Waals surface area contributed by atoms with Crippen LogP contribution in [0.4, 0.5) is 8.78 Å². The molecular formula is C21H19F2N3O3. The highest BCUT2D eigenvalue weighted by molar-refractivity contribution is 5.78. The van der Waals surface area contributed by atoms with E-state index in [1.54, 1.807) is 24.3 Å². The Morgan fingerprint density at radius 2 is 1.76 bits per heavy atom. The van der Waals surface area contributed by atoms with E-state index in [0.29, 0.717) is 23.7 Å². The fraction of sp³-hybridized carbons (Fsp3) is 0.286. The number of halogens is 2. The van der Waals surface area contributed by atoms with Crippen LogP contribution >= 0.6 is 0 Å². The van der Waals surface area contributed by atoms with Crippen molar-refractivity contribution in [2.24, 2.45) is 0 Å². The molecule has 0 unspecified atom stereocenters. The zero-order valence-corrected chi connectivity index (χ0v) is 15.5. The number of fused-ring (bicyclic) bond motifs is 1. The Morgan fingerprint density at radius 3 is 2.41 bits per heavy atom. The number of hydrogen-bond acceptors (Lipinski definition) is 3. The molecule has 1 aliphatic rings. The van der Waals surface area contributed by atoms with Gasteiger partial charge in [-0.15, -0.1) is 0 Å². The highest BCUT2D eigenvalue weighted by atomic mass is 19.1. The zero-order valence-electron chi connectivity index (χ0n) is 15.5. The molecule has 0 aliphatic heterocycles. The predicted molar refractivity (Wildman–Crippen MR) is 104 cm³/mol. The number of H-pyrrole nitrogens is 1. The average Bonchev–Trinajstić information content (AvgIpc) is 2.66. The van der Waals surface area contributed by atoms with Crippen LogP contribution in [0.1, 0.15) is 24.8 Å². The minimum absolute atomic E-state index is 0.0210. The van der Waals surface area contributed by atoms with Crippen molar-refractivity contribution in [1.82, 2.24) is 14.9 Å². The van der Waals surface area contributed by atoms with E-state index in [9.17, 15) is 23.2 Å². The quantitative estimate of drug-likeness (QED) is 0.690. The number of carbonyl (C=O) groups excluding carboxylic acids is 1. The molecule has 1 saturated carbocycles. The molecule has 2 N–H and O–H groups in total. The molecule has 0 radical (unpaired) electrons. The molecule has 1 heterocycles. The summed E-state index contributed by atoms with van der Waals surface area (Å²) in [7, 11) is 0. The van der Waals surface area contributed by atoms with Gasteiger partial charge in [-0.2, -0.15) is 0 Å². The van der Waals surface area contributed by atoms with Gasteiger partial charge in [-0.1, -0.05) is 24.6 Å². The van der Waals surface area contributed by atoms with Gasteiger partial charge in [0.1, 0.15) is 18.2 Å². The molecule has 0 spiro atoms. The molecule has 1 fully saturated rings. The molecule has 2 aromatic carbocycles. The lowest BCUT2D eigenvalue weighted by molar-refractivity contribution is -0.122. The van der Waals surface area contributed by atoms with Crippen molar-refractivity contribution in [2.45, 2.75) is 31.2 Å². The average molecular weight is 399 g/mol. The third-order valence-corrected chi connectivity index (χ3v) is 5.62. The number of amides is 1. The van der Waals surface area contributed by atoms with Gasteiger partial charge in [-0.3, -0.25) is 14.2 Å². The lowest BCUT2D eigenvalue weighted by Crippen LogP contribution is -2.48. The van der Waals surface area contributed by atoms with Crippen molar-refractivity contribution >= 4 is 16.8 Å². The summed E-state index contributed by atoms with van der Waals surface area (Å²) in [4.78, 5) is 39.7. The van der Waals surface area contributed by atoms with E-state index < -0.39 is 40.8 Å². The lowest BCUT2D eigenvalue weighted by atomic mass is 9.64. The molecule has 29 heavy (non-hydrogen) atoms. The minimum atomic E-state index is -0.814. The highest BCUT2D eigenvalue weighted by Gasteiger charge is 2.42. The van der Waals surface area contributed by atoms with Crippen molar-refractivity contribution in [3.63, 3.8) is 0 Å². The van der Waals surface area contributed by atoms with Crippen LogP contribution in [0, 0.1) is 11.6 Å². The normalized spacial score (nSPS) is 15.1. The number of benzene rings is 2. The minimum Gasteiger partial charge on any atom is -0.354 e. The molecular weight excluding hydrogens is 380 g/mol. The van der Waals surface area contributed by atoms with E-state index in [2.05, 4.69) is 10.3 Å². The second-order valence-electron chi connectivity index (χ2n) is 7.37. The van der Waals surface area contributed by atoms with E-state index in [1.165, 1.54) is 18.2 Å². The molecule has 3 aromatic rings. The van der Waals surface area contributed by atoms with Crippen LogP contribution in [0.2, 0.25) is 0 Å². The van der Waals surface area contributed by atoms with Gasteiger partial charge in [-0.25, -0.2) is 13.6 Å². The number of para-hydroxylation sites is 1. The number of carbonyl (C=O) groups is 1. The maximum Gasteiger partial charge on any atom is 0.329 e. The SMILES string of the molecule is O=C(Cn1c(=O)[nH]c2ccccc2c1=O)NCC1(c2c(F)cccc2F)CCC1. The van der Waals surface area contributed by atoms with Crippen LogP contribution in [0.15, 0.2) is 52.1 Å². The summed E-state index contributed by atoms with van der Waals surface area (Å²) < 4.78 is 29.3. The van der Waals surface area contributed by atoms with Crippen LogP contribution in [0.25, 0.3) is 10.9 Å². The molecule has 1 amide bonds. The first kappa shape index (κ1) is 19.0. The third-order valence-electron chi connectivity index (χ3n) is 5.62. The molecule has 0 bridgehead atoms. The largest absolute Gasteiger partial charge is 0.354 e. The van der Waals surface area contributed by atoms with E-state index in [-0.39, 0.29) is 12.1 Å². The Labute approximate surface area is 164 Å². The lowest BCUT2D eigenvalue weighted by Gasteiger charge is -2.42. The summed E-state index contributed by atoms with van der Waals surface area (Å²) >= 11 is 0. The summed E-state index contributed by atoms with van der Waals surface area (Å²) in [5, 5.41) is 2.94. The highest BCUT2D eigenvalue weighted by Crippen LogP contribution is 2.45. The Hall–Kier alpha value is -3.29. The summed E-state index contributed by atoms with van der Waals surface area (Å²) in [6.45, 7) is -0.446. The number of nitrogens with zero attached hydrogens (tertiary/aromatic N) is 1. The second-order valence-corrected chi connectivity index (χ2v) is 7.37. The number of aromatic nitrogens is 2. The third kappa shape index (κ3) is 3.35. The number of rotatable bonds is 5. The first-order valence-corrected chi connectivity index (χ1v) is 9.34. The number of hydrogen-bond donors (Lipinski definition) is 2. The summed E-state index contributed by atoms with van der Waals surface area (Å²) in [5.74, 6) is -1.85. The van der Waals surface area contributed by atoms with Gasteiger partial charge in [0.05, 0.1) is 10.9 Å². The fourth-order valence-electron chi connectivity index (χ4n) is 3.93. The maximum atomic E-state index is 14.2. The Bertz CT molecular complexity index is 1190. The van der Waals surface area contributed by atoms with Crippen molar-refractivity contribution in [2.75, 3.05) is 6.54 Å². The van der Waals surface area contributed by atoms with Crippen LogP contribution in [-0.2, 0) is 16.8 Å². The van der Waals surface area contributed by atoms with Gasteiger partial charge in [-0.05, 0) is 37.1 Å². The van der Waals surface area contributed by atoms with Crippen LogP contribution in [0.3, 0.4) is 0 Å². The molecule has 1 aromatic heterocycles. The Balaban J connectivity index is 1.55. The number of aromatic amines is 1.